The number of nitrogens with zero attached hydrogens (tertiary/aromatic N) is 3. The molecule has 0 spiro atoms. The molecular weight excluding hydrogens is 472 g/mol. The van der Waals surface area contributed by atoms with Crippen LogP contribution in [-0.2, 0) is 24.4 Å². The fraction of sp³-hybridized carbons (Fsp3) is 0.280. The Morgan fingerprint density at radius 3 is 2.71 bits per heavy atom. The number of pyridine rings is 1. The molecule has 9 heteroatoms. The van der Waals surface area contributed by atoms with Gasteiger partial charge in [-0.15, -0.1) is 11.3 Å². The SMILES string of the molecule is C[C@@H](Oc1cc(-c2cnc3ccc(CO)cn23)sc1CC(N)=O)c1ccc(CN(C)C)cc1Cl. The molecule has 3 heterocycles. The average Bonchev–Trinajstić information content (AvgIpc) is 3.36. The summed E-state index contributed by atoms with van der Waals surface area (Å²) in [5.74, 6) is 0.158. The first kappa shape index (κ1) is 24.2. The molecular formula is C25H27ClN4O3S. The van der Waals surface area contributed by atoms with Gasteiger partial charge in [0.2, 0.25) is 5.91 Å². The fourth-order valence-corrected chi connectivity index (χ4v) is 5.30. The van der Waals surface area contributed by atoms with E-state index in [1.807, 2.05) is 68.0 Å². The van der Waals surface area contributed by atoms with Crippen molar-refractivity contribution in [3.63, 3.8) is 0 Å². The summed E-state index contributed by atoms with van der Waals surface area (Å²) in [6.45, 7) is 2.66. The number of rotatable bonds is 9. The number of aliphatic hydroxyl groups excluding tert-OH is 1. The highest BCUT2D eigenvalue weighted by atomic mass is 35.5. The molecule has 0 aliphatic rings. The third kappa shape index (κ3) is 5.26. The van der Waals surface area contributed by atoms with Gasteiger partial charge in [0.15, 0.2) is 0 Å². The van der Waals surface area contributed by atoms with Crippen LogP contribution in [0.2, 0.25) is 5.02 Å². The summed E-state index contributed by atoms with van der Waals surface area (Å²) in [5, 5.41) is 10.2. The minimum atomic E-state index is -0.433. The van der Waals surface area contributed by atoms with E-state index in [2.05, 4.69) is 9.88 Å². The lowest BCUT2D eigenvalue weighted by atomic mass is 10.1. The molecule has 0 radical (unpaired) electrons. The van der Waals surface area contributed by atoms with Crippen LogP contribution in [-0.4, -0.2) is 39.4 Å². The summed E-state index contributed by atoms with van der Waals surface area (Å²) in [7, 11) is 4.02. The molecule has 3 aromatic heterocycles. The molecule has 0 fully saturated rings. The Bertz CT molecular complexity index is 1330. The molecule has 0 unspecified atom stereocenters. The van der Waals surface area contributed by atoms with Gasteiger partial charge in [0.1, 0.15) is 17.5 Å². The zero-order chi connectivity index (χ0) is 24.4. The second kappa shape index (κ2) is 10.1. The summed E-state index contributed by atoms with van der Waals surface area (Å²) in [5.41, 5.74) is 9.88. The van der Waals surface area contributed by atoms with Crippen molar-refractivity contribution in [2.75, 3.05) is 14.1 Å². The van der Waals surface area contributed by atoms with E-state index in [1.54, 1.807) is 6.20 Å². The van der Waals surface area contributed by atoms with Gasteiger partial charge in [-0.2, -0.15) is 0 Å². The van der Waals surface area contributed by atoms with Crippen molar-refractivity contribution < 1.29 is 14.6 Å². The van der Waals surface area contributed by atoms with Gasteiger partial charge in [-0.05, 0) is 44.3 Å². The number of nitrogens with two attached hydrogens (primary N) is 1. The number of carbonyl (C=O) groups is 1. The Kier molecular flexibility index (Phi) is 7.23. The second-order valence-electron chi connectivity index (χ2n) is 8.46. The number of benzene rings is 1. The number of hydrogen-bond acceptors (Lipinski definition) is 6. The van der Waals surface area contributed by atoms with Crippen molar-refractivity contribution in [3.05, 3.63) is 75.4 Å². The largest absolute Gasteiger partial charge is 0.485 e. The third-order valence-corrected chi connectivity index (χ3v) is 6.88. The van der Waals surface area contributed by atoms with Gasteiger partial charge in [0.05, 0.1) is 34.7 Å². The van der Waals surface area contributed by atoms with Crippen LogP contribution >= 0.6 is 22.9 Å². The van der Waals surface area contributed by atoms with Gasteiger partial charge in [-0.3, -0.25) is 9.20 Å². The maximum Gasteiger partial charge on any atom is 0.222 e. The van der Waals surface area contributed by atoms with Gasteiger partial charge in [-0.1, -0.05) is 29.8 Å². The smallest absolute Gasteiger partial charge is 0.222 e. The van der Waals surface area contributed by atoms with Crippen LogP contribution in [0.3, 0.4) is 0 Å². The van der Waals surface area contributed by atoms with Crippen molar-refractivity contribution in [1.29, 1.82) is 0 Å². The standard InChI is InChI=1S/C25H27ClN4O3S/c1-15(18-6-4-16(8-19(18)26)12-29(2)3)33-21-9-22(34-23(21)10-24(27)32)20-11-28-25-7-5-17(14-31)13-30(20)25/h4-9,11,13,15,31H,10,12,14H2,1-3H3,(H2,27,32)/t15-/m1/s1. The third-order valence-electron chi connectivity index (χ3n) is 5.41. The molecule has 1 atom stereocenters. The van der Waals surface area contributed by atoms with E-state index < -0.39 is 5.91 Å². The summed E-state index contributed by atoms with van der Waals surface area (Å²) in [6.07, 6.45) is 3.35. The van der Waals surface area contributed by atoms with Crippen molar-refractivity contribution in [1.82, 2.24) is 14.3 Å². The van der Waals surface area contributed by atoms with Crippen LogP contribution in [0.15, 0.2) is 48.8 Å². The predicted molar refractivity (Wildman–Crippen MR) is 135 cm³/mol. The molecule has 3 N–H and O–H groups in total. The van der Waals surface area contributed by atoms with Crippen LogP contribution in [0.5, 0.6) is 5.75 Å². The van der Waals surface area contributed by atoms with E-state index in [0.717, 1.165) is 44.3 Å². The molecule has 4 rings (SSSR count). The first-order valence-corrected chi connectivity index (χ1v) is 12.0. The summed E-state index contributed by atoms with van der Waals surface area (Å²) in [6, 6.07) is 11.6. The Morgan fingerprint density at radius 1 is 1.26 bits per heavy atom. The van der Waals surface area contributed by atoms with Crippen molar-refractivity contribution in [2.45, 2.75) is 32.6 Å². The zero-order valence-electron chi connectivity index (χ0n) is 19.3. The quantitative estimate of drug-likeness (QED) is 0.356. The maximum absolute atomic E-state index is 11.8. The summed E-state index contributed by atoms with van der Waals surface area (Å²) >= 11 is 8.01. The van der Waals surface area contributed by atoms with E-state index in [9.17, 15) is 9.90 Å². The molecule has 0 aliphatic heterocycles. The minimum absolute atomic E-state index is 0.0646. The zero-order valence-corrected chi connectivity index (χ0v) is 20.9. The normalized spacial score (nSPS) is 12.4. The Labute approximate surface area is 207 Å². The number of primary amides is 1. The number of fused-ring (bicyclic) bond motifs is 1. The number of hydrogen-bond donors (Lipinski definition) is 2. The van der Waals surface area contributed by atoms with E-state index in [4.69, 9.17) is 22.1 Å². The number of thiophene rings is 1. The van der Waals surface area contributed by atoms with Gasteiger partial charge in [0.25, 0.3) is 0 Å². The number of aromatic nitrogens is 2. The minimum Gasteiger partial charge on any atom is -0.485 e. The lowest BCUT2D eigenvalue weighted by Gasteiger charge is -2.18. The second-order valence-corrected chi connectivity index (χ2v) is 10.0. The first-order valence-electron chi connectivity index (χ1n) is 10.8. The maximum atomic E-state index is 11.8. The highest BCUT2D eigenvalue weighted by Gasteiger charge is 2.20. The van der Waals surface area contributed by atoms with Crippen LogP contribution in [0, 0.1) is 0 Å². The lowest BCUT2D eigenvalue weighted by Crippen LogP contribution is -2.14. The van der Waals surface area contributed by atoms with E-state index in [1.165, 1.54) is 11.3 Å². The molecule has 0 bridgehead atoms. The molecule has 34 heavy (non-hydrogen) atoms. The number of amides is 1. The van der Waals surface area contributed by atoms with Gasteiger partial charge >= 0.3 is 0 Å². The number of imidazole rings is 1. The first-order chi connectivity index (χ1) is 16.2. The van der Waals surface area contributed by atoms with E-state index >= 15 is 0 Å². The van der Waals surface area contributed by atoms with E-state index in [-0.39, 0.29) is 19.1 Å². The van der Waals surface area contributed by atoms with Crippen LogP contribution < -0.4 is 10.5 Å². The molecule has 7 nitrogen and oxygen atoms in total. The fourth-order valence-electron chi connectivity index (χ4n) is 3.84. The van der Waals surface area contributed by atoms with Crippen LogP contribution in [0.25, 0.3) is 16.2 Å². The molecule has 0 aliphatic carbocycles. The van der Waals surface area contributed by atoms with Crippen molar-refractivity contribution >= 4 is 34.5 Å². The lowest BCUT2D eigenvalue weighted by molar-refractivity contribution is -0.117. The Morgan fingerprint density at radius 2 is 2.03 bits per heavy atom. The summed E-state index contributed by atoms with van der Waals surface area (Å²) in [4.78, 5) is 19.9. The molecule has 0 saturated carbocycles. The Balaban J connectivity index is 1.67. The predicted octanol–water partition coefficient (Wildman–Crippen LogP) is 4.44. The number of carbonyl (C=O) groups excluding carboxylic acids is 1. The molecule has 1 aromatic carbocycles. The average molecular weight is 499 g/mol. The van der Waals surface area contributed by atoms with Gasteiger partial charge in [-0.25, -0.2) is 4.98 Å². The molecule has 1 amide bonds. The number of halogens is 1. The van der Waals surface area contributed by atoms with Gasteiger partial charge < -0.3 is 20.5 Å². The highest BCUT2D eigenvalue weighted by Crippen LogP contribution is 2.39. The highest BCUT2D eigenvalue weighted by molar-refractivity contribution is 7.15. The Hall–Kier alpha value is -2.91. The molecule has 178 valence electrons. The van der Waals surface area contributed by atoms with Crippen LogP contribution in [0.1, 0.15) is 34.6 Å². The number of aliphatic hydroxyl groups is 1. The monoisotopic (exact) mass is 498 g/mol. The number of ether oxygens (including phenoxy) is 1. The topological polar surface area (TPSA) is 93.1 Å². The van der Waals surface area contributed by atoms with Crippen LogP contribution in [0.4, 0.5) is 0 Å². The van der Waals surface area contributed by atoms with E-state index in [0.29, 0.717) is 10.8 Å². The molecule has 0 saturated heterocycles. The van der Waals surface area contributed by atoms with Crippen molar-refractivity contribution in [3.8, 4) is 16.3 Å². The van der Waals surface area contributed by atoms with Gasteiger partial charge in [0, 0.05) is 29.4 Å². The molecule has 4 aromatic rings. The summed E-state index contributed by atoms with van der Waals surface area (Å²) < 4.78 is 8.22. The van der Waals surface area contributed by atoms with Crippen molar-refractivity contribution in [2.24, 2.45) is 5.73 Å².